The highest BCUT2D eigenvalue weighted by molar-refractivity contribution is 6.00. The highest BCUT2D eigenvalue weighted by atomic mass is 19.2. The molecule has 2 aromatic rings. The van der Waals surface area contributed by atoms with E-state index >= 15 is 0 Å². The molecule has 1 atom stereocenters. The number of hydrogen-bond acceptors (Lipinski definition) is 2. The van der Waals surface area contributed by atoms with Crippen molar-refractivity contribution in [2.24, 2.45) is 5.92 Å². The van der Waals surface area contributed by atoms with Gasteiger partial charge in [-0.1, -0.05) is 12.1 Å². The van der Waals surface area contributed by atoms with Crippen molar-refractivity contribution >= 4 is 17.5 Å². The minimum Gasteiger partial charge on any atom is -0.341 e. The van der Waals surface area contributed by atoms with Crippen LogP contribution in [0.4, 0.5) is 14.5 Å². The van der Waals surface area contributed by atoms with Crippen LogP contribution in [0.3, 0.4) is 0 Å². The maximum atomic E-state index is 13.4. The number of fused-ring (bicyclic) bond motifs is 1. The van der Waals surface area contributed by atoms with Gasteiger partial charge in [0.1, 0.15) is 0 Å². The summed E-state index contributed by atoms with van der Waals surface area (Å²) < 4.78 is 26.5. The first kappa shape index (κ1) is 18.6. The molecule has 0 spiro atoms. The van der Waals surface area contributed by atoms with Crippen LogP contribution in [0, 0.1) is 17.6 Å². The van der Waals surface area contributed by atoms with Crippen molar-refractivity contribution in [1.29, 1.82) is 0 Å². The minimum atomic E-state index is -0.933. The van der Waals surface area contributed by atoms with Gasteiger partial charge in [0.15, 0.2) is 11.6 Å². The van der Waals surface area contributed by atoms with E-state index < -0.39 is 17.6 Å². The third-order valence-corrected chi connectivity index (χ3v) is 5.65. The zero-order valence-electron chi connectivity index (χ0n) is 15.8. The summed E-state index contributed by atoms with van der Waals surface area (Å²) in [6.45, 7) is 0.512. The number of rotatable bonds is 4. The molecule has 0 bridgehead atoms. The lowest BCUT2D eigenvalue weighted by Crippen LogP contribution is -2.34. The number of anilines is 1. The molecule has 1 aliphatic carbocycles. The smallest absolute Gasteiger partial charge is 0.228 e. The fourth-order valence-electron chi connectivity index (χ4n) is 4.15. The van der Waals surface area contributed by atoms with Crippen LogP contribution in [0.15, 0.2) is 36.4 Å². The SMILES string of the molecule is CN(Cc1ccc(F)c(F)c1)C(=O)[C@@H]1CC(=O)N(c2ccc3c(c2)CCC3)C1. The van der Waals surface area contributed by atoms with Crippen molar-refractivity contribution in [1.82, 2.24) is 4.90 Å². The summed E-state index contributed by atoms with van der Waals surface area (Å²) in [5, 5.41) is 0. The molecular formula is C22H22F2N2O2. The molecule has 2 aromatic carbocycles. The molecule has 1 aliphatic heterocycles. The first-order chi connectivity index (χ1) is 13.4. The van der Waals surface area contributed by atoms with Crippen LogP contribution in [0.5, 0.6) is 0 Å². The van der Waals surface area contributed by atoms with Gasteiger partial charge in [0, 0.05) is 32.2 Å². The van der Waals surface area contributed by atoms with E-state index in [1.165, 1.54) is 22.1 Å². The molecule has 4 nitrogen and oxygen atoms in total. The summed E-state index contributed by atoms with van der Waals surface area (Å²) in [4.78, 5) is 28.5. The molecule has 0 aromatic heterocycles. The van der Waals surface area contributed by atoms with E-state index in [0.29, 0.717) is 12.1 Å². The maximum absolute atomic E-state index is 13.4. The van der Waals surface area contributed by atoms with Gasteiger partial charge in [0.25, 0.3) is 0 Å². The van der Waals surface area contributed by atoms with Gasteiger partial charge in [-0.2, -0.15) is 0 Å². The van der Waals surface area contributed by atoms with Gasteiger partial charge in [-0.3, -0.25) is 9.59 Å². The molecule has 0 unspecified atom stereocenters. The molecule has 4 rings (SSSR count). The second-order valence-electron chi connectivity index (χ2n) is 7.65. The molecule has 1 saturated heterocycles. The monoisotopic (exact) mass is 384 g/mol. The average Bonchev–Trinajstić information content (AvgIpc) is 3.29. The predicted molar refractivity (Wildman–Crippen MR) is 102 cm³/mol. The fourth-order valence-corrected chi connectivity index (χ4v) is 4.15. The van der Waals surface area contributed by atoms with Crippen molar-refractivity contribution < 1.29 is 18.4 Å². The predicted octanol–water partition coefficient (Wildman–Crippen LogP) is 3.47. The second kappa shape index (κ2) is 7.34. The zero-order chi connectivity index (χ0) is 19.8. The Morgan fingerprint density at radius 1 is 1.11 bits per heavy atom. The Hall–Kier alpha value is -2.76. The Morgan fingerprint density at radius 2 is 1.89 bits per heavy atom. The molecule has 0 saturated carbocycles. The van der Waals surface area contributed by atoms with Gasteiger partial charge in [0.2, 0.25) is 11.8 Å². The normalized spacial score (nSPS) is 18.5. The number of carbonyl (C=O) groups excluding carboxylic acids is 2. The maximum Gasteiger partial charge on any atom is 0.228 e. The second-order valence-corrected chi connectivity index (χ2v) is 7.65. The average molecular weight is 384 g/mol. The van der Waals surface area contributed by atoms with Crippen LogP contribution >= 0.6 is 0 Å². The summed E-state index contributed by atoms with van der Waals surface area (Å²) in [7, 11) is 1.62. The molecule has 0 radical (unpaired) electrons. The number of carbonyl (C=O) groups is 2. The molecule has 0 N–H and O–H groups in total. The van der Waals surface area contributed by atoms with Crippen LogP contribution < -0.4 is 4.90 Å². The molecule has 28 heavy (non-hydrogen) atoms. The number of hydrogen-bond donors (Lipinski definition) is 0. The van der Waals surface area contributed by atoms with Crippen molar-refractivity contribution in [3.63, 3.8) is 0 Å². The molecule has 1 heterocycles. The van der Waals surface area contributed by atoms with Crippen molar-refractivity contribution in [3.8, 4) is 0 Å². The number of benzene rings is 2. The summed E-state index contributed by atoms with van der Waals surface area (Å²) >= 11 is 0. The quantitative estimate of drug-likeness (QED) is 0.810. The standard InChI is InChI=1S/C22H22F2N2O2/c1-25(12-14-5-8-19(23)20(24)9-14)22(28)17-11-21(27)26(13-17)18-7-6-15-3-2-4-16(15)10-18/h5-10,17H,2-4,11-13H2,1H3/t17-/m1/s1. The van der Waals surface area contributed by atoms with Gasteiger partial charge in [0.05, 0.1) is 5.92 Å². The molecule has 1 fully saturated rings. The fraction of sp³-hybridized carbons (Fsp3) is 0.364. The molecule has 146 valence electrons. The molecule has 6 heteroatoms. The highest BCUT2D eigenvalue weighted by Crippen LogP contribution is 2.31. The number of amides is 2. The van der Waals surface area contributed by atoms with Crippen LogP contribution in [0.1, 0.15) is 29.5 Å². The highest BCUT2D eigenvalue weighted by Gasteiger charge is 2.36. The van der Waals surface area contributed by atoms with Crippen LogP contribution in [0.25, 0.3) is 0 Å². The molecular weight excluding hydrogens is 362 g/mol. The Kier molecular flexibility index (Phi) is 4.87. The van der Waals surface area contributed by atoms with Crippen molar-refractivity contribution in [2.45, 2.75) is 32.2 Å². The van der Waals surface area contributed by atoms with Gasteiger partial charge >= 0.3 is 0 Å². The summed E-state index contributed by atoms with van der Waals surface area (Å²) in [5.74, 6) is -2.50. The van der Waals surface area contributed by atoms with Crippen molar-refractivity contribution in [2.75, 3.05) is 18.5 Å². The molecule has 2 aliphatic rings. The summed E-state index contributed by atoms with van der Waals surface area (Å²) in [5.41, 5.74) is 3.99. The summed E-state index contributed by atoms with van der Waals surface area (Å²) in [6, 6.07) is 9.71. The Bertz CT molecular complexity index is 944. The third-order valence-electron chi connectivity index (χ3n) is 5.65. The van der Waals surface area contributed by atoms with Gasteiger partial charge in [-0.25, -0.2) is 8.78 Å². The van der Waals surface area contributed by atoms with E-state index in [-0.39, 0.29) is 24.8 Å². The lowest BCUT2D eigenvalue weighted by Gasteiger charge is -2.22. The first-order valence-corrected chi connectivity index (χ1v) is 9.53. The van der Waals surface area contributed by atoms with E-state index in [1.807, 2.05) is 6.07 Å². The van der Waals surface area contributed by atoms with Crippen molar-refractivity contribution in [3.05, 3.63) is 64.7 Å². The Labute approximate surface area is 162 Å². The van der Waals surface area contributed by atoms with Crippen LogP contribution in [-0.4, -0.2) is 30.3 Å². The van der Waals surface area contributed by atoms with Gasteiger partial charge in [-0.05, 0) is 60.2 Å². The van der Waals surface area contributed by atoms with E-state index in [9.17, 15) is 18.4 Å². The topological polar surface area (TPSA) is 40.6 Å². The Balaban J connectivity index is 1.44. The number of halogens is 2. The van der Waals surface area contributed by atoms with E-state index in [4.69, 9.17) is 0 Å². The van der Waals surface area contributed by atoms with E-state index in [0.717, 1.165) is 37.1 Å². The third kappa shape index (κ3) is 3.51. The zero-order valence-corrected chi connectivity index (χ0v) is 15.8. The summed E-state index contributed by atoms with van der Waals surface area (Å²) in [6.07, 6.45) is 3.42. The van der Waals surface area contributed by atoms with E-state index in [1.54, 1.807) is 11.9 Å². The largest absolute Gasteiger partial charge is 0.341 e. The number of aryl methyl sites for hydroxylation is 2. The molecule has 2 amide bonds. The first-order valence-electron chi connectivity index (χ1n) is 9.53. The number of nitrogens with zero attached hydrogens (tertiary/aromatic N) is 2. The lowest BCUT2D eigenvalue weighted by atomic mass is 10.1. The minimum absolute atomic E-state index is 0.0578. The Morgan fingerprint density at radius 3 is 2.68 bits per heavy atom. The lowest BCUT2D eigenvalue weighted by molar-refractivity contribution is -0.135. The van der Waals surface area contributed by atoms with Gasteiger partial charge < -0.3 is 9.80 Å². The van der Waals surface area contributed by atoms with Crippen LogP contribution in [0.2, 0.25) is 0 Å². The van der Waals surface area contributed by atoms with Crippen LogP contribution in [-0.2, 0) is 29.0 Å². The van der Waals surface area contributed by atoms with E-state index in [2.05, 4.69) is 12.1 Å². The van der Waals surface area contributed by atoms with Gasteiger partial charge in [-0.15, -0.1) is 0 Å².